The highest BCUT2D eigenvalue weighted by atomic mass is 35.5. The van der Waals surface area contributed by atoms with Gasteiger partial charge in [-0.1, -0.05) is 77.8 Å². The first-order chi connectivity index (χ1) is 19.0. The molecule has 1 amide bonds. The monoisotopic (exact) mass is 555 g/mol. The number of hydrogen-bond acceptors (Lipinski definition) is 5. The zero-order valence-corrected chi connectivity index (χ0v) is 22.4. The van der Waals surface area contributed by atoms with Crippen molar-refractivity contribution in [2.24, 2.45) is 5.10 Å². The van der Waals surface area contributed by atoms with E-state index in [1.165, 1.54) is 0 Å². The quantitative estimate of drug-likeness (QED) is 0.158. The van der Waals surface area contributed by atoms with Crippen LogP contribution in [0.4, 0.5) is 0 Å². The number of aromatic nitrogens is 1. The Bertz CT molecular complexity index is 1670. The Hall–Kier alpha value is -4.39. The molecule has 0 bridgehead atoms. The summed E-state index contributed by atoms with van der Waals surface area (Å²) in [6, 6.07) is 29.8. The van der Waals surface area contributed by atoms with Crippen LogP contribution in [-0.4, -0.2) is 24.2 Å². The molecule has 194 valence electrons. The summed E-state index contributed by atoms with van der Waals surface area (Å²) in [5.74, 6) is 0.745. The Morgan fingerprint density at radius 1 is 0.897 bits per heavy atom. The minimum atomic E-state index is -0.337. The van der Waals surface area contributed by atoms with Crippen molar-refractivity contribution < 1.29 is 14.3 Å². The van der Waals surface area contributed by atoms with Gasteiger partial charge in [0.2, 0.25) is 0 Å². The largest absolute Gasteiger partial charge is 0.493 e. The molecule has 0 saturated carbocycles. The standard InChI is InChI=1S/C31H23Cl2N3O3/c1-38-30-16-20(12-14-29(30)39-19-21-11-13-25(32)26(33)15-21)18-34-36-31(37)24-17-28(22-7-3-2-4-8-22)35-27-10-6-5-9-23(24)27/h2-18H,19H2,1H3,(H,36,37)/b34-18+. The molecule has 8 heteroatoms. The Kier molecular flexibility index (Phi) is 8.06. The van der Waals surface area contributed by atoms with Crippen LogP contribution < -0.4 is 14.9 Å². The second-order valence-electron chi connectivity index (χ2n) is 8.58. The normalized spacial score (nSPS) is 11.1. The fraction of sp³-hybridized carbons (Fsp3) is 0.0645. The predicted octanol–water partition coefficient (Wildman–Crippen LogP) is 7.56. The average molecular weight is 556 g/mol. The summed E-state index contributed by atoms with van der Waals surface area (Å²) in [4.78, 5) is 17.9. The molecule has 0 aliphatic heterocycles. The fourth-order valence-corrected chi connectivity index (χ4v) is 4.34. The van der Waals surface area contributed by atoms with Crippen LogP contribution >= 0.6 is 23.2 Å². The number of fused-ring (bicyclic) bond motifs is 1. The molecule has 0 unspecified atom stereocenters. The summed E-state index contributed by atoms with van der Waals surface area (Å²) in [5.41, 5.74) is 7.08. The molecule has 0 atom stereocenters. The molecule has 39 heavy (non-hydrogen) atoms. The van der Waals surface area contributed by atoms with Crippen LogP contribution in [0.5, 0.6) is 11.5 Å². The molecule has 5 rings (SSSR count). The van der Waals surface area contributed by atoms with E-state index < -0.39 is 0 Å². The van der Waals surface area contributed by atoms with Crippen LogP contribution in [0.3, 0.4) is 0 Å². The van der Waals surface area contributed by atoms with Crippen molar-refractivity contribution in [3.05, 3.63) is 124 Å². The van der Waals surface area contributed by atoms with Gasteiger partial charge in [-0.15, -0.1) is 0 Å². The molecule has 5 aromatic rings. The molecule has 1 heterocycles. The molecule has 0 saturated heterocycles. The SMILES string of the molecule is COc1cc(/C=N/NC(=O)c2cc(-c3ccccc3)nc3ccccc23)ccc1OCc1ccc(Cl)c(Cl)c1. The minimum absolute atomic E-state index is 0.293. The van der Waals surface area contributed by atoms with Crippen molar-refractivity contribution in [3.8, 4) is 22.8 Å². The number of halogens is 2. The summed E-state index contributed by atoms with van der Waals surface area (Å²) in [7, 11) is 1.56. The fourth-order valence-electron chi connectivity index (χ4n) is 4.02. The highest BCUT2D eigenvalue weighted by Gasteiger charge is 2.14. The smallest absolute Gasteiger partial charge is 0.272 e. The zero-order valence-electron chi connectivity index (χ0n) is 20.9. The van der Waals surface area contributed by atoms with Crippen LogP contribution in [0.2, 0.25) is 10.0 Å². The van der Waals surface area contributed by atoms with E-state index in [0.29, 0.717) is 39.4 Å². The number of carbonyl (C=O) groups excluding carboxylic acids is 1. The number of hydrogen-bond donors (Lipinski definition) is 1. The number of hydrazone groups is 1. The van der Waals surface area contributed by atoms with E-state index in [1.807, 2.05) is 66.7 Å². The molecule has 0 aliphatic rings. The molecule has 1 N–H and O–H groups in total. The lowest BCUT2D eigenvalue weighted by atomic mass is 10.0. The molecule has 0 fully saturated rings. The van der Waals surface area contributed by atoms with Gasteiger partial charge in [0.05, 0.1) is 40.1 Å². The molecule has 6 nitrogen and oxygen atoms in total. The van der Waals surface area contributed by atoms with E-state index in [2.05, 4.69) is 10.5 Å². The average Bonchev–Trinajstić information content (AvgIpc) is 2.97. The molecule has 0 spiro atoms. The van der Waals surface area contributed by atoms with E-state index in [1.54, 1.807) is 43.7 Å². The van der Waals surface area contributed by atoms with Gasteiger partial charge in [0.15, 0.2) is 11.5 Å². The number of methoxy groups -OCH3 is 1. The summed E-state index contributed by atoms with van der Waals surface area (Å²) in [6.45, 7) is 0.293. The van der Waals surface area contributed by atoms with Crippen LogP contribution in [0.15, 0.2) is 102 Å². The van der Waals surface area contributed by atoms with Gasteiger partial charge >= 0.3 is 0 Å². The number of nitrogens with one attached hydrogen (secondary N) is 1. The molecule has 0 radical (unpaired) electrons. The first kappa shape index (κ1) is 26.2. The second-order valence-corrected chi connectivity index (χ2v) is 9.40. The van der Waals surface area contributed by atoms with Crippen LogP contribution in [0.1, 0.15) is 21.5 Å². The first-order valence-corrected chi connectivity index (χ1v) is 12.8. The van der Waals surface area contributed by atoms with Gasteiger partial charge in [-0.25, -0.2) is 10.4 Å². The molecular weight excluding hydrogens is 533 g/mol. The lowest BCUT2D eigenvalue weighted by Crippen LogP contribution is -2.18. The van der Waals surface area contributed by atoms with Crippen LogP contribution in [0.25, 0.3) is 22.2 Å². The molecule has 4 aromatic carbocycles. The van der Waals surface area contributed by atoms with E-state index in [4.69, 9.17) is 37.7 Å². The third kappa shape index (κ3) is 6.20. The number of rotatable bonds is 8. The number of benzene rings is 4. The number of pyridine rings is 1. The number of ether oxygens (including phenoxy) is 2. The summed E-state index contributed by atoms with van der Waals surface area (Å²) < 4.78 is 11.4. The summed E-state index contributed by atoms with van der Waals surface area (Å²) in [6.07, 6.45) is 1.55. The van der Waals surface area contributed by atoms with Gasteiger partial charge in [-0.3, -0.25) is 4.79 Å². The first-order valence-electron chi connectivity index (χ1n) is 12.0. The molecular formula is C31H23Cl2N3O3. The third-order valence-corrected chi connectivity index (χ3v) is 6.72. The van der Waals surface area contributed by atoms with Gasteiger partial charge in [-0.2, -0.15) is 5.10 Å². The van der Waals surface area contributed by atoms with Gasteiger partial charge in [-0.05, 0) is 53.6 Å². The van der Waals surface area contributed by atoms with Gasteiger partial charge in [0, 0.05) is 10.9 Å². The van der Waals surface area contributed by atoms with Gasteiger partial charge in [0.25, 0.3) is 5.91 Å². The van der Waals surface area contributed by atoms with E-state index in [0.717, 1.165) is 27.6 Å². The minimum Gasteiger partial charge on any atom is -0.493 e. The van der Waals surface area contributed by atoms with E-state index in [-0.39, 0.29) is 5.91 Å². The number of nitrogens with zero attached hydrogens (tertiary/aromatic N) is 2. The Labute approximate surface area is 235 Å². The Morgan fingerprint density at radius 3 is 2.49 bits per heavy atom. The maximum atomic E-state index is 13.2. The number of para-hydroxylation sites is 1. The van der Waals surface area contributed by atoms with Crippen molar-refractivity contribution in [2.75, 3.05) is 7.11 Å². The maximum absolute atomic E-state index is 13.2. The number of amides is 1. The van der Waals surface area contributed by atoms with Crippen molar-refractivity contribution in [2.45, 2.75) is 6.61 Å². The summed E-state index contributed by atoms with van der Waals surface area (Å²) in [5, 5.41) is 5.88. The summed E-state index contributed by atoms with van der Waals surface area (Å²) >= 11 is 12.1. The van der Waals surface area contributed by atoms with Crippen LogP contribution in [0, 0.1) is 0 Å². The molecule has 1 aromatic heterocycles. The number of carbonyl (C=O) groups is 1. The van der Waals surface area contributed by atoms with Crippen molar-refractivity contribution in [1.82, 2.24) is 10.4 Å². The Morgan fingerprint density at radius 2 is 1.69 bits per heavy atom. The predicted molar refractivity (Wildman–Crippen MR) is 156 cm³/mol. The van der Waals surface area contributed by atoms with Gasteiger partial charge < -0.3 is 9.47 Å². The van der Waals surface area contributed by atoms with Crippen molar-refractivity contribution in [3.63, 3.8) is 0 Å². The lowest BCUT2D eigenvalue weighted by molar-refractivity contribution is 0.0956. The third-order valence-electron chi connectivity index (χ3n) is 5.98. The van der Waals surface area contributed by atoms with Crippen molar-refractivity contribution in [1.29, 1.82) is 0 Å². The maximum Gasteiger partial charge on any atom is 0.272 e. The lowest BCUT2D eigenvalue weighted by Gasteiger charge is -2.12. The second kappa shape index (κ2) is 12.0. The molecule has 0 aliphatic carbocycles. The van der Waals surface area contributed by atoms with Gasteiger partial charge in [0.1, 0.15) is 6.61 Å². The topological polar surface area (TPSA) is 72.8 Å². The van der Waals surface area contributed by atoms with E-state index in [9.17, 15) is 4.79 Å². The van der Waals surface area contributed by atoms with Crippen molar-refractivity contribution >= 4 is 46.2 Å². The zero-order chi connectivity index (χ0) is 27.2. The van der Waals surface area contributed by atoms with E-state index >= 15 is 0 Å². The van der Waals surface area contributed by atoms with Crippen LogP contribution in [-0.2, 0) is 6.61 Å². The highest BCUT2D eigenvalue weighted by Crippen LogP contribution is 2.30. The Balaban J connectivity index is 1.31. The highest BCUT2D eigenvalue weighted by molar-refractivity contribution is 6.42.